The zero-order valence-corrected chi connectivity index (χ0v) is 11.0. The molecule has 0 saturated heterocycles. The van der Waals surface area contributed by atoms with E-state index in [0.29, 0.717) is 11.5 Å². The Morgan fingerprint density at radius 1 is 1.56 bits per heavy atom. The highest BCUT2D eigenvalue weighted by atomic mass is 32.2. The van der Waals surface area contributed by atoms with Gasteiger partial charge in [-0.05, 0) is 18.4 Å². The number of hydrogen-bond acceptors (Lipinski definition) is 6. The monoisotopic (exact) mass is 273 g/mol. The first-order valence-electron chi connectivity index (χ1n) is 5.19. The zero-order valence-electron chi connectivity index (χ0n) is 10.1. The lowest BCUT2D eigenvalue weighted by Crippen LogP contribution is -2.43. The molecule has 1 aromatic heterocycles. The number of amides is 1. The van der Waals surface area contributed by atoms with Gasteiger partial charge in [-0.15, -0.1) is 0 Å². The van der Waals surface area contributed by atoms with Crippen molar-refractivity contribution in [1.29, 1.82) is 0 Å². The quantitative estimate of drug-likeness (QED) is 0.730. The Morgan fingerprint density at radius 3 is 2.83 bits per heavy atom. The van der Waals surface area contributed by atoms with Crippen molar-refractivity contribution < 1.29 is 23.8 Å². The summed E-state index contributed by atoms with van der Waals surface area (Å²) >= 11 is 1.57. The maximum absolute atomic E-state index is 11.7. The predicted octanol–water partition coefficient (Wildman–Crippen LogP) is 0.406. The number of methoxy groups -OCH3 is 1. The smallest absolute Gasteiger partial charge is 0.330 e. The van der Waals surface area contributed by atoms with Gasteiger partial charge in [0.2, 0.25) is 0 Å². The van der Waals surface area contributed by atoms with Crippen LogP contribution in [0, 0.1) is 0 Å². The number of esters is 1. The second-order valence-corrected chi connectivity index (χ2v) is 4.30. The molecule has 0 aliphatic carbocycles. The number of rotatable bonds is 6. The van der Waals surface area contributed by atoms with Crippen molar-refractivity contribution in [3.63, 3.8) is 0 Å². The number of aliphatic hydroxyl groups excluding tert-OH is 1. The second kappa shape index (κ2) is 7.07. The minimum atomic E-state index is -1.09. The van der Waals surface area contributed by atoms with Gasteiger partial charge in [0, 0.05) is 0 Å². The van der Waals surface area contributed by atoms with E-state index in [2.05, 4.69) is 10.1 Å². The van der Waals surface area contributed by atoms with E-state index >= 15 is 0 Å². The fourth-order valence-corrected chi connectivity index (χ4v) is 1.71. The number of thioether (sulfide) groups is 1. The lowest BCUT2D eigenvalue weighted by molar-refractivity contribution is -0.143. The van der Waals surface area contributed by atoms with E-state index in [1.54, 1.807) is 17.8 Å². The van der Waals surface area contributed by atoms with E-state index < -0.39 is 24.5 Å². The topological polar surface area (TPSA) is 88.8 Å². The molecule has 1 atom stereocenters. The maximum Gasteiger partial charge on any atom is 0.330 e. The molecule has 0 aliphatic rings. The van der Waals surface area contributed by atoms with Crippen LogP contribution < -0.4 is 5.32 Å². The highest BCUT2D eigenvalue weighted by Gasteiger charge is 2.22. The largest absolute Gasteiger partial charge is 0.467 e. The Bertz CT molecular complexity index is 417. The van der Waals surface area contributed by atoms with Gasteiger partial charge in [-0.3, -0.25) is 4.79 Å². The van der Waals surface area contributed by atoms with Gasteiger partial charge >= 0.3 is 5.97 Å². The van der Waals surface area contributed by atoms with Crippen molar-refractivity contribution >= 4 is 23.6 Å². The van der Waals surface area contributed by atoms with E-state index in [9.17, 15) is 9.59 Å². The maximum atomic E-state index is 11.7. The Morgan fingerprint density at radius 2 is 2.28 bits per heavy atom. The lowest BCUT2D eigenvalue weighted by Gasteiger charge is -2.12. The molecule has 0 aliphatic heterocycles. The van der Waals surface area contributed by atoms with Gasteiger partial charge in [-0.25, -0.2) is 4.79 Å². The molecular weight excluding hydrogens is 258 g/mol. The number of carbonyl (C=O) groups excluding carboxylic acids is 2. The van der Waals surface area contributed by atoms with Crippen molar-refractivity contribution in [3.05, 3.63) is 23.7 Å². The van der Waals surface area contributed by atoms with Gasteiger partial charge in [0.05, 0.1) is 19.5 Å². The third-order valence-electron chi connectivity index (χ3n) is 2.15. The number of aliphatic hydroxyl groups is 1. The van der Waals surface area contributed by atoms with Gasteiger partial charge in [0.15, 0.2) is 11.8 Å². The molecule has 6 nitrogen and oxygen atoms in total. The van der Waals surface area contributed by atoms with Crippen LogP contribution in [0.3, 0.4) is 0 Å². The van der Waals surface area contributed by atoms with Crippen molar-refractivity contribution in [2.45, 2.75) is 11.8 Å². The highest BCUT2D eigenvalue weighted by Crippen LogP contribution is 2.13. The molecule has 18 heavy (non-hydrogen) atoms. The summed E-state index contributed by atoms with van der Waals surface area (Å²) < 4.78 is 9.71. The van der Waals surface area contributed by atoms with E-state index in [-0.39, 0.29) is 5.76 Å². The number of carbonyl (C=O) groups is 2. The SMILES string of the molecule is COC(=O)C(CO)NC(=O)c1ccc(CSC)o1. The van der Waals surface area contributed by atoms with E-state index in [4.69, 9.17) is 9.52 Å². The van der Waals surface area contributed by atoms with E-state index in [0.717, 1.165) is 0 Å². The van der Waals surface area contributed by atoms with Crippen LogP contribution in [-0.4, -0.2) is 43.0 Å². The van der Waals surface area contributed by atoms with Crippen LogP contribution in [0.1, 0.15) is 16.3 Å². The number of furan rings is 1. The third-order valence-corrected chi connectivity index (χ3v) is 2.72. The summed E-state index contributed by atoms with van der Waals surface area (Å²) in [6.07, 6.45) is 1.92. The number of nitrogens with one attached hydrogen (secondary N) is 1. The Hall–Kier alpha value is -1.47. The molecule has 7 heteroatoms. The molecule has 1 amide bonds. The Kier molecular flexibility index (Phi) is 5.73. The van der Waals surface area contributed by atoms with Crippen molar-refractivity contribution in [3.8, 4) is 0 Å². The molecule has 1 unspecified atom stereocenters. The van der Waals surface area contributed by atoms with Crippen molar-refractivity contribution in [1.82, 2.24) is 5.32 Å². The summed E-state index contributed by atoms with van der Waals surface area (Å²) in [5, 5.41) is 11.3. The minimum absolute atomic E-state index is 0.0985. The molecule has 0 spiro atoms. The molecule has 0 fully saturated rings. The summed E-state index contributed by atoms with van der Waals surface area (Å²) in [6, 6.07) is 2.13. The normalized spacial score (nSPS) is 11.9. The summed E-state index contributed by atoms with van der Waals surface area (Å²) in [5.41, 5.74) is 0. The Labute approximate surface area is 109 Å². The van der Waals surface area contributed by atoms with Crippen LogP contribution in [0.5, 0.6) is 0 Å². The number of hydrogen-bond donors (Lipinski definition) is 2. The second-order valence-electron chi connectivity index (χ2n) is 3.43. The minimum Gasteiger partial charge on any atom is -0.467 e. The summed E-state index contributed by atoms with van der Waals surface area (Å²) in [6.45, 7) is -0.531. The van der Waals surface area contributed by atoms with Crippen molar-refractivity contribution in [2.75, 3.05) is 20.0 Å². The van der Waals surface area contributed by atoms with Gasteiger partial charge in [0.1, 0.15) is 5.76 Å². The molecular formula is C11H15NO5S. The molecule has 0 saturated carbocycles. The average Bonchev–Trinajstić information content (AvgIpc) is 2.84. The third kappa shape index (κ3) is 3.78. The molecule has 0 aromatic carbocycles. The van der Waals surface area contributed by atoms with Crippen LogP contribution >= 0.6 is 11.8 Å². The molecule has 1 aromatic rings. The van der Waals surface area contributed by atoms with Crippen LogP contribution in [0.25, 0.3) is 0 Å². The molecule has 1 heterocycles. The van der Waals surface area contributed by atoms with Crippen LogP contribution in [-0.2, 0) is 15.3 Å². The first-order valence-corrected chi connectivity index (χ1v) is 6.59. The molecule has 0 bridgehead atoms. The van der Waals surface area contributed by atoms with E-state index in [1.807, 2.05) is 6.26 Å². The van der Waals surface area contributed by atoms with Crippen molar-refractivity contribution in [2.24, 2.45) is 0 Å². The molecule has 0 radical (unpaired) electrons. The first kappa shape index (κ1) is 14.6. The molecule has 2 N–H and O–H groups in total. The highest BCUT2D eigenvalue weighted by molar-refractivity contribution is 7.97. The lowest BCUT2D eigenvalue weighted by atomic mass is 10.3. The standard InChI is InChI=1S/C11H15NO5S/c1-16-11(15)8(5-13)12-10(14)9-4-3-7(17-9)6-18-2/h3-4,8,13H,5-6H2,1-2H3,(H,12,14). The van der Waals surface area contributed by atoms with Gasteiger partial charge in [-0.2, -0.15) is 11.8 Å². The summed E-state index contributed by atoms with van der Waals surface area (Å²) in [5.74, 6) is 0.162. The zero-order chi connectivity index (χ0) is 13.5. The van der Waals surface area contributed by atoms with Crippen LogP contribution in [0.2, 0.25) is 0 Å². The predicted molar refractivity (Wildman–Crippen MR) is 66.3 cm³/mol. The van der Waals surface area contributed by atoms with Gasteiger partial charge < -0.3 is 19.6 Å². The molecule has 1 rings (SSSR count). The summed E-state index contributed by atoms with van der Waals surface area (Å²) in [7, 11) is 1.18. The fraction of sp³-hybridized carbons (Fsp3) is 0.455. The Balaban J connectivity index is 2.65. The van der Waals surface area contributed by atoms with E-state index in [1.165, 1.54) is 13.2 Å². The average molecular weight is 273 g/mol. The van der Waals surface area contributed by atoms with Gasteiger partial charge in [-0.1, -0.05) is 0 Å². The number of ether oxygens (including phenoxy) is 1. The van der Waals surface area contributed by atoms with Crippen LogP contribution in [0.15, 0.2) is 16.5 Å². The van der Waals surface area contributed by atoms with Gasteiger partial charge in [0.25, 0.3) is 5.91 Å². The molecule has 100 valence electrons. The first-order chi connectivity index (χ1) is 8.62. The summed E-state index contributed by atoms with van der Waals surface area (Å²) in [4.78, 5) is 22.9. The fourth-order valence-electron chi connectivity index (χ4n) is 1.27. The van der Waals surface area contributed by atoms with Crippen LogP contribution in [0.4, 0.5) is 0 Å².